The predicted molar refractivity (Wildman–Crippen MR) is 103 cm³/mol. The smallest absolute Gasteiger partial charge is 0.253 e. The molecule has 1 amide bonds. The Labute approximate surface area is 160 Å². The number of pyridine rings is 1. The van der Waals surface area contributed by atoms with Crippen LogP contribution in [0.5, 0.6) is 0 Å². The Balaban J connectivity index is 1.53. The molecular weight excluding hydrogens is 392 g/mol. The monoisotopic (exact) mass is 410 g/mol. The second kappa shape index (κ2) is 7.41. The molecule has 1 aliphatic rings. The number of nitrogens with zero attached hydrogens (tertiary/aromatic N) is 3. The molecule has 2 aromatic heterocycles. The van der Waals surface area contributed by atoms with Gasteiger partial charge in [0.15, 0.2) is 0 Å². The SMILES string of the molecule is O=C(N[C@@H]1CCCc2c1cnn2Cc1ccccc1)c1cncc(Br)c1. The highest BCUT2D eigenvalue weighted by Gasteiger charge is 2.26. The van der Waals surface area contributed by atoms with Gasteiger partial charge in [-0.1, -0.05) is 30.3 Å². The van der Waals surface area contributed by atoms with E-state index >= 15 is 0 Å². The van der Waals surface area contributed by atoms with Crippen LogP contribution in [0.25, 0.3) is 0 Å². The van der Waals surface area contributed by atoms with Gasteiger partial charge in [-0.05, 0) is 46.8 Å². The molecular formula is C20H19BrN4O. The molecule has 0 unspecified atom stereocenters. The number of halogens is 1. The summed E-state index contributed by atoms with van der Waals surface area (Å²) in [6, 6.07) is 12.1. The zero-order valence-corrected chi connectivity index (χ0v) is 15.8. The van der Waals surface area contributed by atoms with Crippen molar-refractivity contribution in [3.63, 3.8) is 0 Å². The van der Waals surface area contributed by atoms with Crippen molar-refractivity contribution in [1.82, 2.24) is 20.1 Å². The van der Waals surface area contributed by atoms with Crippen LogP contribution >= 0.6 is 15.9 Å². The first-order valence-electron chi connectivity index (χ1n) is 8.70. The summed E-state index contributed by atoms with van der Waals surface area (Å²) < 4.78 is 2.86. The minimum Gasteiger partial charge on any atom is -0.345 e. The van der Waals surface area contributed by atoms with Crippen molar-refractivity contribution in [2.24, 2.45) is 0 Å². The Morgan fingerprint density at radius 1 is 1.23 bits per heavy atom. The van der Waals surface area contributed by atoms with E-state index in [4.69, 9.17) is 0 Å². The van der Waals surface area contributed by atoms with Crippen molar-refractivity contribution in [2.45, 2.75) is 31.8 Å². The number of hydrogen-bond donors (Lipinski definition) is 1. The number of amides is 1. The number of rotatable bonds is 4. The van der Waals surface area contributed by atoms with Crippen LogP contribution in [-0.4, -0.2) is 20.7 Å². The van der Waals surface area contributed by atoms with Gasteiger partial charge in [-0.3, -0.25) is 14.5 Å². The minimum atomic E-state index is -0.104. The highest BCUT2D eigenvalue weighted by molar-refractivity contribution is 9.10. The van der Waals surface area contributed by atoms with E-state index in [0.717, 1.165) is 35.8 Å². The van der Waals surface area contributed by atoms with E-state index < -0.39 is 0 Å². The molecule has 1 N–H and O–H groups in total. The van der Waals surface area contributed by atoms with E-state index in [1.54, 1.807) is 18.5 Å². The van der Waals surface area contributed by atoms with Gasteiger partial charge in [0.25, 0.3) is 5.91 Å². The van der Waals surface area contributed by atoms with Crippen LogP contribution in [0.4, 0.5) is 0 Å². The van der Waals surface area contributed by atoms with Gasteiger partial charge in [0.2, 0.25) is 0 Å². The van der Waals surface area contributed by atoms with Crippen LogP contribution < -0.4 is 5.32 Å². The number of carbonyl (C=O) groups excluding carboxylic acids is 1. The van der Waals surface area contributed by atoms with E-state index in [1.165, 1.54) is 11.3 Å². The first-order valence-corrected chi connectivity index (χ1v) is 9.50. The van der Waals surface area contributed by atoms with Gasteiger partial charge in [-0.2, -0.15) is 5.10 Å². The summed E-state index contributed by atoms with van der Waals surface area (Å²) in [5, 5.41) is 7.73. The van der Waals surface area contributed by atoms with E-state index in [9.17, 15) is 4.79 Å². The molecule has 6 heteroatoms. The van der Waals surface area contributed by atoms with Crippen molar-refractivity contribution in [3.05, 3.63) is 81.8 Å². The van der Waals surface area contributed by atoms with E-state index in [-0.39, 0.29) is 11.9 Å². The number of aromatic nitrogens is 3. The Morgan fingerprint density at radius 2 is 2.08 bits per heavy atom. The first-order chi connectivity index (χ1) is 12.7. The fourth-order valence-electron chi connectivity index (χ4n) is 3.44. The van der Waals surface area contributed by atoms with Crippen LogP contribution in [0, 0.1) is 0 Å². The molecule has 1 aliphatic carbocycles. The van der Waals surface area contributed by atoms with Gasteiger partial charge in [-0.15, -0.1) is 0 Å². The lowest BCUT2D eigenvalue weighted by Gasteiger charge is -2.24. The molecule has 0 fully saturated rings. The van der Waals surface area contributed by atoms with Gasteiger partial charge in [0, 0.05) is 28.1 Å². The second-order valence-corrected chi connectivity index (χ2v) is 7.42. The normalized spacial score (nSPS) is 16.1. The molecule has 3 aromatic rings. The third-order valence-corrected chi connectivity index (χ3v) is 5.14. The molecule has 4 rings (SSSR count). The minimum absolute atomic E-state index is 0.00486. The zero-order chi connectivity index (χ0) is 17.9. The fourth-order valence-corrected chi connectivity index (χ4v) is 3.80. The second-order valence-electron chi connectivity index (χ2n) is 6.50. The van der Waals surface area contributed by atoms with Crippen LogP contribution in [0.2, 0.25) is 0 Å². The quantitative estimate of drug-likeness (QED) is 0.709. The van der Waals surface area contributed by atoms with Gasteiger partial charge in [0.05, 0.1) is 24.3 Å². The molecule has 5 nitrogen and oxygen atoms in total. The lowest BCUT2D eigenvalue weighted by Crippen LogP contribution is -2.31. The number of benzene rings is 1. The Morgan fingerprint density at radius 3 is 2.88 bits per heavy atom. The molecule has 0 bridgehead atoms. The largest absolute Gasteiger partial charge is 0.345 e. The number of carbonyl (C=O) groups is 1. The maximum Gasteiger partial charge on any atom is 0.253 e. The van der Waals surface area contributed by atoms with E-state index in [1.807, 2.05) is 24.4 Å². The third kappa shape index (κ3) is 3.55. The van der Waals surface area contributed by atoms with Gasteiger partial charge < -0.3 is 5.32 Å². The molecule has 1 aromatic carbocycles. The van der Waals surface area contributed by atoms with E-state index in [0.29, 0.717) is 5.56 Å². The van der Waals surface area contributed by atoms with Crippen LogP contribution in [0.15, 0.2) is 59.5 Å². The summed E-state index contributed by atoms with van der Waals surface area (Å²) in [6.07, 6.45) is 8.12. The first kappa shape index (κ1) is 17.0. The Kier molecular flexibility index (Phi) is 4.84. The highest BCUT2D eigenvalue weighted by Crippen LogP contribution is 2.30. The molecule has 26 heavy (non-hydrogen) atoms. The van der Waals surface area contributed by atoms with Crippen LogP contribution in [0.1, 0.15) is 46.1 Å². The zero-order valence-electron chi connectivity index (χ0n) is 14.2. The van der Waals surface area contributed by atoms with Crippen molar-refractivity contribution in [3.8, 4) is 0 Å². The summed E-state index contributed by atoms with van der Waals surface area (Å²) in [4.78, 5) is 16.6. The summed E-state index contributed by atoms with van der Waals surface area (Å²) in [5.41, 5.74) is 4.13. The van der Waals surface area contributed by atoms with Gasteiger partial charge >= 0.3 is 0 Å². The lowest BCUT2D eigenvalue weighted by molar-refractivity contribution is 0.0932. The van der Waals surface area contributed by atoms with Crippen molar-refractivity contribution < 1.29 is 4.79 Å². The third-order valence-electron chi connectivity index (χ3n) is 4.71. The molecule has 2 heterocycles. The fraction of sp³-hybridized carbons (Fsp3) is 0.250. The predicted octanol–water partition coefficient (Wildman–Crippen LogP) is 3.90. The number of nitrogens with one attached hydrogen (secondary N) is 1. The molecule has 0 spiro atoms. The Bertz CT molecular complexity index is 923. The Hall–Kier alpha value is -2.47. The van der Waals surface area contributed by atoms with Crippen molar-refractivity contribution in [1.29, 1.82) is 0 Å². The summed E-state index contributed by atoms with van der Waals surface area (Å²) in [7, 11) is 0. The molecule has 0 saturated heterocycles. The number of fused-ring (bicyclic) bond motifs is 1. The molecule has 0 aliphatic heterocycles. The van der Waals surface area contributed by atoms with Gasteiger partial charge in [-0.25, -0.2) is 0 Å². The standard InChI is InChI=1S/C20H19BrN4O/c21-16-9-15(10-22-11-16)20(26)24-18-7-4-8-19-17(18)12-23-25(19)13-14-5-2-1-3-6-14/h1-3,5-6,9-12,18H,4,7-8,13H2,(H,24,26)/t18-/m1/s1. The lowest BCUT2D eigenvalue weighted by atomic mass is 9.92. The maximum absolute atomic E-state index is 12.6. The topological polar surface area (TPSA) is 59.8 Å². The summed E-state index contributed by atoms with van der Waals surface area (Å²) in [6.45, 7) is 0.756. The average Bonchev–Trinajstić information content (AvgIpc) is 3.06. The summed E-state index contributed by atoms with van der Waals surface area (Å²) >= 11 is 3.36. The average molecular weight is 411 g/mol. The van der Waals surface area contributed by atoms with Gasteiger partial charge in [0.1, 0.15) is 0 Å². The molecule has 1 atom stereocenters. The van der Waals surface area contributed by atoms with Crippen LogP contribution in [0.3, 0.4) is 0 Å². The van der Waals surface area contributed by atoms with Crippen molar-refractivity contribution >= 4 is 21.8 Å². The van der Waals surface area contributed by atoms with E-state index in [2.05, 4.69) is 48.1 Å². The van der Waals surface area contributed by atoms with Crippen LogP contribution in [-0.2, 0) is 13.0 Å². The summed E-state index contributed by atoms with van der Waals surface area (Å²) in [5.74, 6) is -0.104. The molecule has 132 valence electrons. The highest BCUT2D eigenvalue weighted by atomic mass is 79.9. The van der Waals surface area contributed by atoms with Crippen molar-refractivity contribution in [2.75, 3.05) is 0 Å². The molecule has 0 saturated carbocycles. The number of hydrogen-bond acceptors (Lipinski definition) is 3. The molecule has 0 radical (unpaired) electrons. The maximum atomic E-state index is 12.6.